The Morgan fingerprint density at radius 2 is 1.61 bits per heavy atom. The molecule has 0 aliphatic carbocycles. The monoisotopic (exact) mass is 428 g/mol. The van der Waals surface area contributed by atoms with Crippen molar-refractivity contribution in [2.24, 2.45) is 0 Å². The second-order valence-electron chi connectivity index (χ2n) is 8.53. The van der Waals surface area contributed by atoms with Crippen molar-refractivity contribution in [3.8, 4) is 11.5 Å². The van der Waals surface area contributed by atoms with E-state index in [4.69, 9.17) is 5.11 Å². The summed E-state index contributed by atoms with van der Waals surface area (Å²) in [4.78, 5) is 23.6. The predicted molar refractivity (Wildman–Crippen MR) is 120 cm³/mol. The number of aromatic hydroxyl groups is 2. The minimum Gasteiger partial charge on any atom is -0.508 e. The molecule has 0 saturated heterocycles. The normalized spacial score (nSPS) is 11.6. The van der Waals surface area contributed by atoms with Gasteiger partial charge in [0.25, 0.3) is 0 Å². The lowest BCUT2D eigenvalue weighted by atomic mass is 9.97. The fourth-order valence-corrected chi connectivity index (χ4v) is 3.11. The third kappa shape index (κ3) is 6.80. The molecule has 0 heterocycles. The lowest BCUT2D eigenvalue weighted by Crippen LogP contribution is -2.47. The summed E-state index contributed by atoms with van der Waals surface area (Å²) in [6.07, 6.45) is 0.710. The molecule has 168 valence electrons. The zero-order valence-electron chi connectivity index (χ0n) is 18.5. The average Bonchev–Trinajstić information content (AvgIpc) is 2.68. The molecule has 0 aromatic heterocycles. The molecule has 7 heteroatoms. The van der Waals surface area contributed by atoms with E-state index in [-0.39, 0.29) is 35.3 Å². The van der Waals surface area contributed by atoms with Crippen LogP contribution < -0.4 is 10.6 Å². The van der Waals surface area contributed by atoms with Crippen molar-refractivity contribution in [1.82, 2.24) is 10.6 Å². The van der Waals surface area contributed by atoms with Gasteiger partial charge in [0.1, 0.15) is 17.0 Å². The van der Waals surface area contributed by atoms with Crippen LogP contribution in [0, 0.1) is 0 Å². The fraction of sp³-hybridized carbons (Fsp3) is 0.417. The van der Waals surface area contributed by atoms with Crippen LogP contribution in [-0.2, 0) is 17.8 Å². The lowest BCUT2D eigenvalue weighted by Gasteiger charge is -2.20. The Bertz CT molecular complexity index is 920. The number of rotatable bonds is 11. The van der Waals surface area contributed by atoms with Crippen LogP contribution >= 0.6 is 0 Å². The van der Waals surface area contributed by atoms with Gasteiger partial charge in [-0.15, -0.1) is 0 Å². The Kier molecular flexibility index (Phi) is 8.19. The van der Waals surface area contributed by atoms with Gasteiger partial charge in [-0.3, -0.25) is 9.59 Å². The molecule has 2 rings (SSSR count). The summed E-state index contributed by atoms with van der Waals surface area (Å²) >= 11 is 0. The molecular weight excluding hydrogens is 396 g/mol. The van der Waals surface area contributed by atoms with Gasteiger partial charge < -0.3 is 26.0 Å². The van der Waals surface area contributed by atoms with E-state index >= 15 is 0 Å². The summed E-state index contributed by atoms with van der Waals surface area (Å²) in [5.74, 6) is -1.34. The number of phenolic OH excluding ortho intramolecular Hbond substituents is 2. The van der Waals surface area contributed by atoms with Gasteiger partial charge in [-0.25, -0.2) is 0 Å². The van der Waals surface area contributed by atoms with Crippen molar-refractivity contribution >= 4 is 11.8 Å². The van der Waals surface area contributed by atoms with E-state index in [1.54, 1.807) is 19.9 Å². The topological polar surface area (TPSA) is 119 Å². The SMILES string of the molecule is CC(C)c1cc(C(=O)CNCc2ccc(CCNC(C)(C)C(=O)O)cc2)c(O)cc1O. The molecule has 0 radical (unpaired) electrons. The van der Waals surface area contributed by atoms with Crippen molar-refractivity contribution in [3.63, 3.8) is 0 Å². The number of nitrogens with one attached hydrogen (secondary N) is 2. The number of aliphatic carboxylic acids is 1. The average molecular weight is 429 g/mol. The smallest absolute Gasteiger partial charge is 0.323 e. The molecule has 7 nitrogen and oxygen atoms in total. The molecule has 0 fully saturated rings. The largest absolute Gasteiger partial charge is 0.508 e. The van der Waals surface area contributed by atoms with Gasteiger partial charge in [-0.1, -0.05) is 38.1 Å². The van der Waals surface area contributed by atoms with Gasteiger partial charge in [-0.05, 0) is 48.9 Å². The summed E-state index contributed by atoms with van der Waals surface area (Å²) < 4.78 is 0. The first-order valence-electron chi connectivity index (χ1n) is 10.4. The number of Topliss-reactive ketones (excluding diaryl/α,β-unsaturated/α-hetero) is 1. The highest BCUT2D eigenvalue weighted by Crippen LogP contribution is 2.32. The molecule has 0 aliphatic heterocycles. The second-order valence-corrected chi connectivity index (χ2v) is 8.53. The fourth-order valence-electron chi connectivity index (χ4n) is 3.11. The first-order valence-corrected chi connectivity index (χ1v) is 10.4. The number of carbonyl (C=O) groups is 2. The summed E-state index contributed by atoms with van der Waals surface area (Å²) in [6.45, 7) is 8.19. The van der Waals surface area contributed by atoms with E-state index < -0.39 is 11.5 Å². The predicted octanol–water partition coefficient (Wildman–Crippen LogP) is 3.19. The summed E-state index contributed by atoms with van der Waals surface area (Å²) in [6, 6.07) is 10.7. The first kappa shape index (κ1) is 24.4. The number of hydrogen-bond donors (Lipinski definition) is 5. The number of benzene rings is 2. The van der Waals surface area contributed by atoms with Crippen molar-refractivity contribution in [3.05, 3.63) is 58.7 Å². The highest BCUT2D eigenvalue weighted by Gasteiger charge is 2.25. The molecule has 0 atom stereocenters. The van der Waals surface area contributed by atoms with E-state index in [0.717, 1.165) is 11.1 Å². The Morgan fingerprint density at radius 1 is 1.00 bits per heavy atom. The zero-order chi connectivity index (χ0) is 23.2. The molecule has 2 aromatic carbocycles. The Hall–Kier alpha value is -2.90. The van der Waals surface area contributed by atoms with Crippen LogP contribution in [0.25, 0.3) is 0 Å². The first-order chi connectivity index (χ1) is 14.5. The maximum absolute atomic E-state index is 12.5. The molecule has 31 heavy (non-hydrogen) atoms. The van der Waals surface area contributed by atoms with Gasteiger partial charge in [0.15, 0.2) is 5.78 Å². The third-order valence-electron chi connectivity index (χ3n) is 5.22. The minimum atomic E-state index is -0.960. The standard InChI is InChI=1S/C24H32N2O5/c1-15(2)18-11-19(21(28)12-20(18)27)22(29)14-25-13-17-7-5-16(6-8-17)9-10-26-24(3,4)23(30)31/h5-8,11-12,15,25-28H,9-10,13-14H2,1-4H3,(H,30,31). The summed E-state index contributed by atoms with van der Waals surface area (Å²) in [5.41, 5.74) is 1.95. The van der Waals surface area contributed by atoms with E-state index in [1.807, 2.05) is 38.1 Å². The quantitative estimate of drug-likeness (QED) is 0.349. The van der Waals surface area contributed by atoms with Crippen molar-refractivity contribution < 1.29 is 24.9 Å². The zero-order valence-corrected chi connectivity index (χ0v) is 18.5. The molecule has 0 spiro atoms. The van der Waals surface area contributed by atoms with Crippen molar-refractivity contribution in [2.75, 3.05) is 13.1 Å². The molecule has 0 aliphatic rings. The van der Waals surface area contributed by atoms with E-state index in [0.29, 0.717) is 25.1 Å². The Morgan fingerprint density at radius 3 is 2.19 bits per heavy atom. The molecule has 0 saturated carbocycles. The molecule has 5 N–H and O–H groups in total. The van der Waals surface area contributed by atoms with Crippen LogP contribution in [0.3, 0.4) is 0 Å². The van der Waals surface area contributed by atoms with Crippen LogP contribution in [-0.4, -0.2) is 45.7 Å². The van der Waals surface area contributed by atoms with Crippen LogP contribution in [0.2, 0.25) is 0 Å². The molecule has 0 amide bonds. The van der Waals surface area contributed by atoms with E-state index in [1.165, 1.54) is 6.07 Å². The van der Waals surface area contributed by atoms with Gasteiger partial charge in [0.2, 0.25) is 0 Å². The van der Waals surface area contributed by atoms with Crippen molar-refractivity contribution in [1.29, 1.82) is 0 Å². The van der Waals surface area contributed by atoms with Gasteiger partial charge in [0.05, 0.1) is 12.1 Å². The number of ketones is 1. The number of carboxylic acid groups (broad SMARTS) is 1. The van der Waals surface area contributed by atoms with Crippen LogP contribution in [0.15, 0.2) is 36.4 Å². The lowest BCUT2D eigenvalue weighted by molar-refractivity contribution is -0.143. The van der Waals surface area contributed by atoms with Gasteiger partial charge in [-0.2, -0.15) is 0 Å². The van der Waals surface area contributed by atoms with E-state index in [2.05, 4.69) is 10.6 Å². The van der Waals surface area contributed by atoms with Crippen LogP contribution in [0.4, 0.5) is 0 Å². The van der Waals surface area contributed by atoms with Gasteiger partial charge in [0, 0.05) is 19.2 Å². The Labute approximate surface area is 183 Å². The number of hydrogen-bond acceptors (Lipinski definition) is 6. The summed E-state index contributed by atoms with van der Waals surface area (Å²) in [5, 5.41) is 35.2. The molecular formula is C24H32N2O5. The summed E-state index contributed by atoms with van der Waals surface area (Å²) in [7, 11) is 0. The molecule has 0 bridgehead atoms. The highest BCUT2D eigenvalue weighted by atomic mass is 16.4. The Balaban J connectivity index is 1.86. The molecule has 2 aromatic rings. The second kappa shape index (κ2) is 10.4. The van der Waals surface area contributed by atoms with Gasteiger partial charge >= 0.3 is 5.97 Å². The highest BCUT2D eigenvalue weighted by molar-refractivity contribution is 6.00. The van der Waals surface area contributed by atoms with Crippen molar-refractivity contribution in [2.45, 2.75) is 52.1 Å². The maximum Gasteiger partial charge on any atom is 0.323 e. The number of carbonyl (C=O) groups excluding carboxylic acids is 1. The maximum atomic E-state index is 12.5. The van der Waals surface area contributed by atoms with E-state index in [9.17, 15) is 19.8 Å². The van der Waals surface area contributed by atoms with Crippen LogP contribution in [0.1, 0.15) is 60.7 Å². The number of phenols is 2. The molecule has 0 unspecified atom stereocenters. The minimum absolute atomic E-state index is 0.0150. The van der Waals surface area contributed by atoms with Crippen LogP contribution in [0.5, 0.6) is 11.5 Å². The number of carboxylic acids is 1. The third-order valence-corrected chi connectivity index (χ3v) is 5.22.